The number of carbonyl (C=O) groups excluding carboxylic acids is 1. The topological polar surface area (TPSA) is 93.0 Å². The van der Waals surface area contributed by atoms with E-state index in [1.165, 1.54) is 0 Å². The summed E-state index contributed by atoms with van der Waals surface area (Å²) in [6, 6.07) is 7.38. The summed E-state index contributed by atoms with van der Waals surface area (Å²) in [6.07, 6.45) is 0. The van der Waals surface area contributed by atoms with E-state index in [2.05, 4.69) is 15.5 Å². The Balaban J connectivity index is 1.94. The van der Waals surface area contributed by atoms with Gasteiger partial charge in [0.25, 0.3) is 5.91 Å². The number of nitrogens with two attached hydrogens (primary N) is 1. The van der Waals surface area contributed by atoms with Crippen LogP contribution >= 0.6 is 0 Å². The Morgan fingerprint density at radius 1 is 1.40 bits per heavy atom. The zero-order valence-corrected chi connectivity index (χ0v) is 11.6. The molecule has 0 radical (unpaired) electrons. The molecule has 0 bridgehead atoms. The monoisotopic (exact) mass is 274 g/mol. The third-order valence-corrected chi connectivity index (χ3v) is 3.06. The molecule has 0 saturated heterocycles. The number of aromatic amines is 1. The second-order valence-corrected chi connectivity index (χ2v) is 4.47. The van der Waals surface area contributed by atoms with Gasteiger partial charge >= 0.3 is 0 Å². The van der Waals surface area contributed by atoms with Crippen LogP contribution in [0.2, 0.25) is 0 Å². The highest BCUT2D eigenvalue weighted by atomic mass is 16.5. The smallest absolute Gasteiger partial charge is 0.263 e. The number of aromatic nitrogens is 2. The van der Waals surface area contributed by atoms with E-state index in [4.69, 9.17) is 10.5 Å². The van der Waals surface area contributed by atoms with E-state index in [9.17, 15) is 4.79 Å². The third kappa shape index (κ3) is 3.16. The molecular formula is C14H18N4O2. The molecule has 2 rings (SSSR count). The number of carbonyl (C=O) groups is 1. The van der Waals surface area contributed by atoms with Crippen molar-refractivity contribution in [2.75, 3.05) is 11.9 Å². The molecule has 2 aromatic rings. The molecule has 0 aliphatic carbocycles. The zero-order valence-electron chi connectivity index (χ0n) is 11.6. The maximum absolute atomic E-state index is 11.8. The summed E-state index contributed by atoms with van der Waals surface area (Å²) in [5, 5.41) is 9.52. The molecule has 1 heterocycles. The Kier molecular flexibility index (Phi) is 4.37. The highest BCUT2D eigenvalue weighted by molar-refractivity contribution is 5.91. The van der Waals surface area contributed by atoms with Crippen molar-refractivity contribution < 1.29 is 9.53 Å². The van der Waals surface area contributed by atoms with Gasteiger partial charge in [-0.15, -0.1) is 0 Å². The summed E-state index contributed by atoms with van der Waals surface area (Å²) < 4.78 is 5.48. The lowest BCUT2D eigenvalue weighted by Crippen LogP contribution is -2.21. The Hall–Kier alpha value is -2.34. The van der Waals surface area contributed by atoms with Crippen molar-refractivity contribution in [3.8, 4) is 5.75 Å². The SMILES string of the molecule is Cc1[nH]nc(NC(=O)COc2ccccc2CN)c1C. The molecule has 0 unspecified atom stereocenters. The number of ether oxygens (including phenoxy) is 1. The number of H-pyrrole nitrogens is 1. The first-order chi connectivity index (χ1) is 9.61. The van der Waals surface area contributed by atoms with Gasteiger partial charge in [-0.1, -0.05) is 18.2 Å². The molecule has 1 aromatic carbocycles. The van der Waals surface area contributed by atoms with E-state index in [0.717, 1.165) is 16.8 Å². The highest BCUT2D eigenvalue weighted by Crippen LogP contribution is 2.17. The number of benzene rings is 1. The van der Waals surface area contributed by atoms with Crippen molar-refractivity contribution in [2.24, 2.45) is 5.73 Å². The molecule has 4 N–H and O–H groups in total. The van der Waals surface area contributed by atoms with E-state index in [-0.39, 0.29) is 12.5 Å². The third-order valence-electron chi connectivity index (χ3n) is 3.06. The quantitative estimate of drug-likeness (QED) is 0.770. The van der Waals surface area contributed by atoms with Gasteiger partial charge in [0, 0.05) is 23.4 Å². The molecule has 0 atom stereocenters. The predicted molar refractivity (Wildman–Crippen MR) is 76.5 cm³/mol. The van der Waals surface area contributed by atoms with Gasteiger partial charge in [0.2, 0.25) is 0 Å². The Morgan fingerprint density at radius 3 is 2.80 bits per heavy atom. The molecule has 1 amide bonds. The van der Waals surface area contributed by atoms with Gasteiger partial charge in [-0.2, -0.15) is 5.10 Å². The van der Waals surface area contributed by atoms with Gasteiger partial charge in [-0.05, 0) is 19.9 Å². The van der Waals surface area contributed by atoms with Crippen molar-refractivity contribution in [3.05, 3.63) is 41.1 Å². The van der Waals surface area contributed by atoms with E-state index in [1.807, 2.05) is 32.0 Å². The van der Waals surface area contributed by atoms with Crippen molar-refractivity contribution in [1.82, 2.24) is 10.2 Å². The summed E-state index contributed by atoms with van der Waals surface area (Å²) in [5.74, 6) is 0.898. The fourth-order valence-electron chi connectivity index (χ4n) is 1.73. The number of nitrogens with zero attached hydrogens (tertiary/aromatic N) is 1. The van der Waals surface area contributed by atoms with Gasteiger partial charge < -0.3 is 15.8 Å². The summed E-state index contributed by atoms with van der Waals surface area (Å²) in [7, 11) is 0. The molecule has 0 aliphatic rings. The molecule has 20 heavy (non-hydrogen) atoms. The van der Waals surface area contributed by atoms with Crippen LogP contribution in [0.25, 0.3) is 0 Å². The molecule has 106 valence electrons. The van der Waals surface area contributed by atoms with Crippen LogP contribution in [0.3, 0.4) is 0 Å². The van der Waals surface area contributed by atoms with E-state index in [0.29, 0.717) is 18.1 Å². The van der Waals surface area contributed by atoms with Crippen LogP contribution in [-0.4, -0.2) is 22.7 Å². The number of aryl methyl sites for hydroxylation is 1. The maximum Gasteiger partial charge on any atom is 0.263 e. The largest absolute Gasteiger partial charge is 0.483 e. The highest BCUT2D eigenvalue weighted by Gasteiger charge is 2.10. The van der Waals surface area contributed by atoms with Gasteiger partial charge in [0.15, 0.2) is 12.4 Å². The van der Waals surface area contributed by atoms with Crippen LogP contribution < -0.4 is 15.8 Å². The fourth-order valence-corrected chi connectivity index (χ4v) is 1.73. The van der Waals surface area contributed by atoms with Gasteiger partial charge in [-0.25, -0.2) is 0 Å². The number of anilines is 1. The van der Waals surface area contributed by atoms with Crippen LogP contribution in [0.4, 0.5) is 5.82 Å². The van der Waals surface area contributed by atoms with Crippen LogP contribution in [0.1, 0.15) is 16.8 Å². The molecular weight excluding hydrogens is 256 g/mol. The summed E-state index contributed by atoms with van der Waals surface area (Å²) >= 11 is 0. The molecule has 0 saturated carbocycles. The Morgan fingerprint density at radius 2 is 2.15 bits per heavy atom. The Labute approximate surface area is 117 Å². The number of amides is 1. The standard InChI is InChI=1S/C14H18N4O2/c1-9-10(2)17-18-14(9)16-13(19)8-20-12-6-4-3-5-11(12)7-15/h3-6H,7-8,15H2,1-2H3,(H2,16,17,18,19). The minimum absolute atomic E-state index is 0.0810. The number of para-hydroxylation sites is 1. The van der Waals surface area contributed by atoms with Crippen molar-refractivity contribution in [2.45, 2.75) is 20.4 Å². The first-order valence-corrected chi connectivity index (χ1v) is 6.34. The lowest BCUT2D eigenvalue weighted by molar-refractivity contribution is -0.118. The molecule has 0 fully saturated rings. The van der Waals surface area contributed by atoms with Crippen molar-refractivity contribution in [3.63, 3.8) is 0 Å². The summed E-state index contributed by atoms with van der Waals surface area (Å²) in [4.78, 5) is 11.8. The maximum atomic E-state index is 11.8. The van der Waals surface area contributed by atoms with E-state index in [1.54, 1.807) is 6.07 Å². The second-order valence-electron chi connectivity index (χ2n) is 4.47. The molecule has 0 spiro atoms. The van der Waals surface area contributed by atoms with Crippen LogP contribution in [0.5, 0.6) is 5.75 Å². The average Bonchev–Trinajstić information content (AvgIpc) is 2.77. The number of nitrogens with one attached hydrogen (secondary N) is 2. The van der Waals surface area contributed by atoms with Crippen LogP contribution in [-0.2, 0) is 11.3 Å². The van der Waals surface area contributed by atoms with Crippen LogP contribution in [0, 0.1) is 13.8 Å². The average molecular weight is 274 g/mol. The second kappa shape index (κ2) is 6.21. The minimum Gasteiger partial charge on any atom is -0.483 e. The Bertz CT molecular complexity index is 607. The zero-order chi connectivity index (χ0) is 14.5. The molecule has 6 heteroatoms. The van der Waals surface area contributed by atoms with Crippen molar-refractivity contribution in [1.29, 1.82) is 0 Å². The number of hydrogen-bond donors (Lipinski definition) is 3. The van der Waals surface area contributed by atoms with E-state index < -0.39 is 0 Å². The minimum atomic E-state index is -0.258. The molecule has 0 aliphatic heterocycles. The van der Waals surface area contributed by atoms with Gasteiger partial charge in [0.05, 0.1) is 0 Å². The molecule has 6 nitrogen and oxygen atoms in total. The van der Waals surface area contributed by atoms with Crippen LogP contribution in [0.15, 0.2) is 24.3 Å². The summed E-state index contributed by atoms with van der Waals surface area (Å²) in [6.45, 7) is 4.07. The van der Waals surface area contributed by atoms with Crippen molar-refractivity contribution >= 4 is 11.7 Å². The molecule has 1 aromatic heterocycles. The van der Waals surface area contributed by atoms with Gasteiger partial charge in [-0.3, -0.25) is 9.89 Å². The lowest BCUT2D eigenvalue weighted by atomic mass is 10.2. The van der Waals surface area contributed by atoms with E-state index >= 15 is 0 Å². The fraction of sp³-hybridized carbons (Fsp3) is 0.286. The normalized spacial score (nSPS) is 10.3. The first kappa shape index (κ1) is 14.1. The number of hydrogen-bond acceptors (Lipinski definition) is 4. The summed E-state index contributed by atoms with van der Waals surface area (Å²) in [5.41, 5.74) is 8.32. The lowest BCUT2D eigenvalue weighted by Gasteiger charge is -2.09. The van der Waals surface area contributed by atoms with Gasteiger partial charge in [0.1, 0.15) is 5.75 Å². The number of rotatable bonds is 5. The first-order valence-electron chi connectivity index (χ1n) is 6.34. The predicted octanol–water partition coefficient (Wildman–Crippen LogP) is 1.50.